The molecule has 0 radical (unpaired) electrons. The first kappa shape index (κ1) is 16.8. The van der Waals surface area contributed by atoms with E-state index in [0.29, 0.717) is 18.8 Å². The summed E-state index contributed by atoms with van der Waals surface area (Å²) >= 11 is 0. The van der Waals surface area contributed by atoms with Crippen LogP contribution >= 0.6 is 0 Å². The Hall–Kier alpha value is -3.67. The van der Waals surface area contributed by atoms with E-state index in [1.54, 1.807) is 12.4 Å². The van der Waals surface area contributed by atoms with E-state index >= 15 is 0 Å². The minimum absolute atomic E-state index is 0.262. The quantitative estimate of drug-likeness (QED) is 0.571. The lowest BCUT2D eigenvalue weighted by molar-refractivity contribution is 0.251. The summed E-state index contributed by atoms with van der Waals surface area (Å²) in [4.78, 5) is 16.7. The summed E-state index contributed by atoms with van der Waals surface area (Å²) in [6, 6.07) is 19.2. The number of pyridine rings is 1. The smallest absolute Gasteiger partial charge is 0.319 e. The minimum atomic E-state index is -0.262. The molecule has 4 aromatic rings. The van der Waals surface area contributed by atoms with Gasteiger partial charge in [-0.1, -0.05) is 42.5 Å². The van der Waals surface area contributed by atoms with Crippen LogP contribution in [0, 0.1) is 0 Å². The van der Waals surface area contributed by atoms with Gasteiger partial charge in [0.25, 0.3) is 0 Å². The van der Waals surface area contributed by atoms with Crippen LogP contribution in [0.2, 0.25) is 0 Å². The van der Waals surface area contributed by atoms with Gasteiger partial charge in [0.2, 0.25) is 0 Å². The normalized spacial score (nSPS) is 10.7. The molecular weight excluding hydrogens is 338 g/mol. The van der Waals surface area contributed by atoms with E-state index < -0.39 is 0 Å². The first-order valence-corrected chi connectivity index (χ1v) is 8.72. The number of nitrogens with one attached hydrogen (secondary N) is 2. The standard InChI is InChI=1S/C21H19N5O/c27-21(25-19-10-3-8-16-9-4-11-22-20(16)19)23-14-17-6-1-2-7-18(17)15-26-13-5-12-24-26/h1-13H,14-15H2,(H2,23,25,27). The Kier molecular flexibility index (Phi) is 4.78. The Balaban J connectivity index is 1.44. The van der Waals surface area contributed by atoms with Crippen molar-refractivity contribution < 1.29 is 4.79 Å². The maximum absolute atomic E-state index is 12.4. The van der Waals surface area contributed by atoms with Crippen molar-refractivity contribution >= 4 is 22.6 Å². The van der Waals surface area contributed by atoms with Gasteiger partial charge in [-0.25, -0.2) is 4.79 Å². The number of urea groups is 1. The predicted octanol–water partition coefficient (Wildman–Crippen LogP) is 3.80. The predicted molar refractivity (Wildman–Crippen MR) is 105 cm³/mol. The van der Waals surface area contributed by atoms with Crippen molar-refractivity contribution in [3.05, 3.63) is 90.4 Å². The molecule has 2 N–H and O–H groups in total. The second-order valence-electron chi connectivity index (χ2n) is 6.16. The van der Waals surface area contributed by atoms with Gasteiger partial charge in [-0.15, -0.1) is 0 Å². The second-order valence-corrected chi connectivity index (χ2v) is 6.16. The summed E-state index contributed by atoms with van der Waals surface area (Å²) in [5.74, 6) is 0. The first-order valence-electron chi connectivity index (χ1n) is 8.72. The lowest BCUT2D eigenvalue weighted by atomic mass is 10.1. The van der Waals surface area contributed by atoms with E-state index in [1.807, 2.05) is 71.5 Å². The highest BCUT2D eigenvalue weighted by Gasteiger charge is 2.08. The molecular formula is C21H19N5O. The third kappa shape index (κ3) is 3.95. The van der Waals surface area contributed by atoms with E-state index in [9.17, 15) is 4.79 Å². The molecule has 2 heterocycles. The fourth-order valence-electron chi connectivity index (χ4n) is 3.00. The number of hydrogen-bond donors (Lipinski definition) is 2. The molecule has 0 bridgehead atoms. The molecule has 6 nitrogen and oxygen atoms in total. The van der Waals surface area contributed by atoms with Crippen molar-refractivity contribution in [1.82, 2.24) is 20.1 Å². The van der Waals surface area contributed by atoms with Crippen LogP contribution in [0.1, 0.15) is 11.1 Å². The number of para-hydroxylation sites is 1. The highest BCUT2D eigenvalue weighted by atomic mass is 16.2. The lowest BCUT2D eigenvalue weighted by Gasteiger charge is -2.12. The highest BCUT2D eigenvalue weighted by Crippen LogP contribution is 2.20. The molecule has 134 valence electrons. The van der Waals surface area contributed by atoms with Crippen molar-refractivity contribution in [1.29, 1.82) is 0 Å². The molecule has 6 heteroatoms. The molecule has 27 heavy (non-hydrogen) atoms. The fourth-order valence-corrected chi connectivity index (χ4v) is 3.00. The number of nitrogens with zero attached hydrogens (tertiary/aromatic N) is 3. The average molecular weight is 357 g/mol. The monoisotopic (exact) mass is 357 g/mol. The Morgan fingerprint density at radius 1 is 0.926 bits per heavy atom. The van der Waals surface area contributed by atoms with Gasteiger partial charge in [-0.05, 0) is 29.3 Å². The van der Waals surface area contributed by atoms with Gasteiger partial charge in [0, 0.05) is 30.5 Å². The summed E-state index contributed by atoms with van der Waals surface area (Å²) in [7, 11) is 0. The molecule has 2 aromatic carbocycles. The van der Waals surface area contributed by atoms with Crippen molar-refractivity contribution in [3.8, 4) is 0 Å². The van der Waals surface area contributed by atoms with Crippen LogP contribution in [-0.4, -0.2) is 20.8 Å². The van der Waals surface area contributed by atoms with E-state index in [-0.39, 0.29) is 6.03 Å². The molecule has 0 aliphatic heterocycles. The van der Waals surface area contributed by atoms with Gasteiger partial charge in [0.15, 0.2) is 0 Å². The van der Waals surface area contributed by atoms with Crippen LogP contribution in [0.4, 0.5) is 10.5 Å². The van der Waals surface area contributed by atoms with E-state index in [1.165, 1.54) is 0 Å². The average Bonchev–Trinajstić information content (AvgIpc) is 3.21. The van der Waals surface area contributed by atoms with Gasteiger partial charge in [-0.3, -0.25) is 9.67 Å². The fraction of sp³-hybridized carbons (Fsp3) is 0.0952. The van der Waals surface area contributed by atoms with Gasteiger partial charge < -0.3 is 10.6 Å². The molecule has 0 aliphatic carbocycles. The number of amides is 2. The molecule has 2 amide bonds. The first-order chi connectivity index (χ1) is 13.3. The van der Waals surface area contributed by atoms with E-state index in [4.69, 9.17) is 0 Å². The molecule has 0 fully saturated rings. The zero-order valence-corrected chi connectivity index (χ0v) is 14.7. The van der Waals surface area contributed by atoms with Crippen molar-refractivity contribution in [2.24, 2.45) is 0 Å². The number of aromatic nitrogens is 3. The zero-order valence-electron chi connectivity index (χ0n) is 14.7. The van der Waals surface area contributed by atoms with Gasteiger partial charge in [-0.2, -0.15) is 5.10 Å². The number of hydrogen-bond acceptors (Lipinski definition) is 3. The Morgan fingerprint density at radius 2 is 1.78 bits per heavy atom. The van der Waals surface area contributed by atoms with E-state index in [2.05, 4.69) is 20.7 Å². The summed E-state index contributed by atoms with van der Waals surface area (Å²) in [6.45, 7) is 1.10. The summed E-state index contributed by atoms with van der Waals surface area (Å²) in [6.07, 6.45) is 5.40. The van der Waals surface area contributed by atoms with Crippen molar-refractivity contribution in [2.75, 3.05) is 5.32 Å². The Labute approximate surface area is 156 Å². The topological polar surface area (TPSA) is 71.8 Å². The molecule has 0 saturated carbocycles. The molecule has 4 rings (SSSR count). The summed E-state index contributed by atoms with van der Waals surface area (Å²) < 4.78 is 1.86. The van der Waals surface area contributed by atoms with E-state index in [0.717, 1.165) is 22.0 Å². The molecule has 0 aliphatic rings. The summed E-state index contributed by atoms with van der Waals surface area (Å²) in [5, 5.41) is 11.0. The highest BCUT2D eigenvalue weighted by molar-refractivity contribution is 5.99. The van der Waals surface area contributed by atoms with Crippen LogP contribution in [0.15, 0.2) is 79.3 Å². The third-order valence-electron chi connectivity index (χ3n) is 4.33. The molecule has 0 atom stereocenters. The van der Waals surface area contributed by atoms with Crippen LogP contribution < -0.4 is 10.6 Å². The van der Waals surface area contributed by atoms with Gasteiger partial charge >= 0.3 is 6.03 Å². The number of benzene rings is 2. The van der Waals surface area contributed by atoms with Crippen LogP contribution in [0.25, 0.3) is 10.9 Å². The Bertz CT molecular complexity index is 1050. The number of anilines is 1. The third-order valence-corrected chi connectivity index (χ3v) is 4.33. The molecule has 0 saturated heterocycles. The van der Waals surface area contributed by atoms with Crippen molar-refractivity contribution in [2.45, 2.75) is 13.1 Å². The maximum atomic E-state index is 12.4. The van der Waals surface area contributed by atoms with Gasteiger partial charge in [0.1, 0.15) is 0 Å². The molecule has 0 unspecified atom stereocenters. The minimum Gasteiger partial charge on any atom is -0.334 e. The zero-order chi connectivity index (χ0) is 18.5. The number of carbonyl (C=O) groups is 1. The number of fused-ring (bicyclic) bond motifs is 1. The van der Waals surface area contributed by atoms with Gasteiger partial charge in [0.05, 0.1) is 17.7 Å². The van der Waals surface area contributed by atoms with Crippen LogP contribution in [-0.2, 0) is 13.1 Å². The second kappa shape index (κ2) is 7.70. The van der Waals surface area contributed by atoms with Crippen LogP contribution in [0.5, 0.6) is 0 Å². The Morgan fingerprint density at radius 3 is 2.63 bits per heavy atom. The number of rotatable bonds is 5. The SMILES string of the molecule is O=C(NCc1ccccc1Cn1cccn1)Nc1cccc2cccnc12. The molecule has 2 aromatic heterocycles. The number of carbonyl (C=O) groups excluding carboxylic acids is 1. The van der Waals surface area contributed by atoms with Crippen LogP contribution in [0.3, 0.4) is 0 Å². The largest absolute Gasteiger partial charge is 0.334 e. The lowest BCUT2D eigenvalue weighted by Crippen LogP contribution is -2.28. The maximum Gasteiger partial charge on any atom is 0.319 e. The van der Waals surface area contributed by atoms with Crippen molar-refractivity contribution in [3.63, 3.8) is 0 Å². The molecule has 0 spiro atoms. The summed E-state index contributed by atoms with van der Waals surface area (Å²) in [5.41, 5.74) is 3.64.